The molecule has 0 radical (unpaired) electrons. The van der Waals surface area contributed by atoms with Gasteiger partial charge in [-0.15, -0.1) is 0 Å². The third kappa shape index (κ3) is 3.42. The molecule has 0 aromatic heterocycles. The lowest BCUT2D eigenvalue weighted by Gasteiger charge is -2.53. The summed E-state index contributed by atoms with van der Waals surface area (Å²) in [5, 5.41) is 3.66. The highest BCUT2D eigenvalue weighted by Gasteiger charge is 2.58. The minimum absolute atomic E-state index is 0.104. The summed E-state index contributed by atoms with van der Waals surface area (Å²) >= 11 is 0. The molecule has 1 N–H and O–H groups in total. The Morgan fingerprint density at radius 1 is 0.962 bits per heavy atom. The molecule has 2 heteroatoms. The summed E-state index contributed by atoms with van der Waals surface area (Å²) in [5.74, 6) is 0. The van der Waals surface area contributed by atoms with Gasteiger partial charge in [-0.25, -0.2) is 0 Å². The molecule has 26 heavy (non-hydrogen) atoms. The maximum Gasteiger partial charge on any atom is 0.0413 e. The molecule has 0 unspecified atom stereocenters. The molecule has 1 aliphatic rings. The Bertz CT molecular complexity index is 609. The number of hydrogen-bond donors (Lipinski definition) is 1. The summed E-state index contributed by atoms with van der Waals surface area (Å²) < 4.78 is 0. The van der Waals surface area contributed by atoms with Gasteiger partial charge in [0.2, 0.25) is 0 Å². The Labute approximate surface area is 162 Å². The highest BCUT2D eigenvalue weighted by Crippen LogP contribution is 2.61. The molecule has 148 valence electrons. The van der Waals surface area contributed by atoms with Gasteiger partial charge in [-0.05, 0) is 61.8 Å². The Balaban J connectivity index is 2.76. The summed E-state index contributed by atoms with van der Waals surface area (Å²) in [6.07, 6.45) is 1.17. The molecule has 0 amide bonds. The maximum absolute atomic E-state index is 3.66. The lowest BCUT2D eigenvalue weighted by molar-refractivity contribution is 0.0627. The van der Waals surface area contributed by atoms with Crippen molar-refractivity contribution in [3.05, 3.63) is 29.3 Å². The van der Waals surface area contributed by atoms with Crippen molar-refractivity contribution < 1.29 is 0 Å². The Hall–Kier alpha value is -1.02. The van der Waals surface area contributed by atoms with Crippen molar-refractivity contribution in [3.8, 4) is 0 Å². The van der Waals surface area contributed by atoms with Crippen molar-refractivity contribution in [2.24, 2.45) is 10.8 Å². The van der Waals surface area contributed by atoms with E-state index in [1.54, 1.807) is 5.56 Å². The van der Waals surface area contributed by atoms with Gasteiger partial charge in [0.15, 0.2) is 0 Å². The van der Waals surface area contributed by atoms with E-state index < -0.39 is 0 Å². The lowest BCUT2D eigenvalue weighted by Crippen LogP contribution is -2.55. The van der Waals surface area contributed by atoms with E-state index in [2.05, 4.69) is 97.7 Å². The number of benzene rings is 1. The van der Waals surface area contributed by atoms with Crippen LogP contribution in [0.2, 0.25) is 0 Å². The van der Waals surface area contributed by atoms with Crippen LogP contribution in [0, 0.1) is 10.8 Å². The van der Waals surface area contributed by atoms with Gasteiger partial charge >= 0.3 is 0 Å². The quantitative estimate of drug-likeness (QED) is 0.651. The molecule has 1 aliphatic heterocycles. The first kappa shape index (κ1) is 21.3. The molecule has 0 saturated heterocycles. The van der Waals surface area contributed by atoms with Crippen LogP contribution in [-0.2, 0) is 12.0 Å². The van der Waals surface area contributed by atoms with Gasteiger partial charge in [0.25, 0.3) is 0 Å². The fraction of sp³-hybridized carbons (Fsp3) is 0.750. The van der Waals surface area contributed by atoms with Crippen LogP contribution in [0.5, 0.6) is 0 Å². The van der Waals surface area contributed by atoms with Crippen LogP contribution in [0.1, 0.15) is 86.8 Å². The molecule has 0 saturated carbocycles. The van der Waals surface area contributed by atoms with Crippen molar-refractivity contribution in [1.82, 2.24) is 5.32 Å². The summed E-state index contributed by atoms with van der Waals surface area (Å²) in [5.41, 5.74) is 5.06. The molecule has 2 rings (SSSR count). The first-order valence-electron chi connectivity index (χ1n) is 10.4. The summed E-state index contributed by atoms with van der Waals surface area (Å²) in [7, 11) is 0. The van der Waals surface area contributed by atoms with E-state index in [0.717, 1.165) is 19.6 Å². The highest BCUT2D eigenvalue weighted by atomic mass is 15.2. The Kier molecular flexibility index (Phi) is 5.61. The second kappa shape index (κ2) is 6.86. The van der Waals surface area contributed by atoms with Crippen molar-refractivity contribution in [2.45, 2.75) is 93.2 Å². The van der Waals surface area contributed by atoms with E-state index in [9.17, 15) is 0 Å². The molecule has 0 atom stereocenters. The van der Waals surface area contributed by atoms with E-state index >= 15 is 0 Å². The average Bonchev–Trinajstić information content (AvgIpc) is 2.84. The molecule has 2 nitrogen and oxygen atoms in total. The maximum atomic E-state index is 3.66. The third-order valence-corrected chi connectivity index (χ3v) is 6.35. The molecule has 0 fully saturated rings. The van der Waals surface area contributed by atoms with Crippen molar-refractivity contribution in [3.63, 3.8) is 0 Å². The zero-order chi connectivity index (χ0) is 20.0. The van der Waals surface area contributed by atoms with Crippen LogP contribution in [0.3, 0.4) is 0 Å². The Morgan fingerprint density at radius 3 is 2.00 bits per heavy atom. The van der Waals surface area contributed by atoms with Crippen molar-refractivity contribution in [2.75, 3.05) is 18.0 Å². The molecule has 1 aromatic rings. The van der Waals surface area contributed by atoms with E-state index in [0.29, 0.717) is 0 Å². The van der Waals surface area contributed by atoms with Crippen molar-refractivity contribution in [1.29, 1.82) is 0 Å². The predicted octanol–water partition coefficient (Wildman–Crippen LogP) is 6.13. The van der Waals surface area contributed by atoms with Gasteiger partial charge in [0.1, 0.15) is 0 Å². The monoisotopic (exact) mass is 358 g/mol. The Morgan fingerprint density at radius 2 is 1.54 bits per heavy atom. The second-order valence-corrected chi connectivity index (χ2v) is 11.2. The van der Waals surface area contributed by atoms with Gasteiger partial charge in [0.05, 0.1) is 0 Å². The van der Waals surface area contributed by atoms with Crippen LogP contribution in [0.25, 0.3) is 0 Å². The molecule has 0 spiro atoms. The topological polar surface area (TPSA) is 15.3 Å². The average molecular weight is 359 g/mol. The molecule has 0 bridgehead atoms. The summed E-state index contributed by atoms with van der Waals surface area (Å²) in [6.45, 7) is 27.0. The fourth-order valence-electron chi connectivity index (χ4n) is 5.20. The normalized spacial score (nSPS) is 17.5. The van der Waals surface area contributed by atoms with E-state index in [-0.39, 0.29) is 21.8 Å². The largest absolute Gasteiger partial charge is 0.366 e. The van der Waals surface area contributed by atoms with Gasteiger partial charge < -0.3 is 10.2 Å². The number of hydrogen-bond acceptors (Lipinski definition) is 2. The van der Waals surface area contributed by atoms with E-state index in [1.165, 1.54) is 17.7 Å². The lowest BCUT2D eigenvalue weighted by atomic mass is 9.51. The number of fused-ring (bicyclic) bond motifs is 1. The standard InChI is InChI=1S/C24H42N2/c1-11-15-25-16-18-13-12-14-19-20(18)24(21(2,3)4,22(5,6)7)17-26(19)23(8,9)10/h12-14,25H,11,15-17H2,1-10H3. The minimum Gasteiger partial charge on any atom is -0.366 e. The third-order valence-electron chi connectivity index (χ3n) is 6.35. The van der Waals surface area contributed by atoms with Crippen LogP contribution in [0.15, 0.2) is 18.2 Å². The fourth-order valence-corrected chi connectivity index (χ4v) is 5.20. The highest BCUT2D eigenvalue weighted by molar-refractivity contribution is 5.68. The summed E-state index contributed by atoms with van der Waals surface area (Å²) in [6, 6.07) is 6.95. The zero-order valence-corrected chi connectivity index (χ0v) is 19.0. The second-order valence-electron chi connectivity index (χ2n) is 11.2. The SMILES string of the molecule is CCCNCc1cccc2c1C(C(C)(C)C)(C(C)(C)C)CN2C(C)(C)C. The van der Waals surface area contributed by atoms with Gasteiger partial charge in [-0.3, -0.25) is 0 Å². The number of rotatable bonds is 4. The minimum atomic E-state index is 0.104. The van der Waals surface area contributed by atoms with Crippen LogP contribution < -0.4 is 10.2 Å². The summed E-state index contributed by atoms with van der Waals surface area (Å²) in [4.78, 5) is 2.65. The molecule has 1 heterocycles. The van der Waals surface area contributed by atoms with Crippen molar-refractivity contribution >= 4 is 5.69 Å². The molecule has 0 aliphatic carbocycles. The van der Waals surface area contributed by atoms with Gasteiger partial charge in [0, 0.05) is 29.7 Å². The van der Waals surface area contributed by atoms with Crippen LogP contribution in [0.4, 0.5) is 5.69 Å². The number of anilines is 1. The van der Waals surface area contributed by atoms with Gasteiger partial charge in [-0.2, -0.15) is 0 Å². The van der Waals surface area contributed by atoms with E-state index in [1.807, 2.05) is 0 Å². The van der Waals surface area contributed by atoms with E-state index in [4.69, 9.17) is 0 Å². The first-order chi connectivity index (χ1) is 11.8. The zero-order valence-electron chi connectivity index (χ0n) is 19.0. The predicted molar refractivity (Wildman–Crippen MR) is 116 cm³/mol. The van der Waals surface area contributed by atoms with Crippen LogP contribution >= 0.6 is 0 Å². The molecule has 1 aromatic carbocycles. The molecular weight excluding hydrogens is 316 g/mol. The number of nitrogens with one attached hydrogen (secondary N) is 1. The number of nitrogens with zero attached hydrogens (tertiary/aromatic N) is 1. The van der Waals surface area contributed by atoms with Crippen LogP contribution in [-0.4, -0.2) is 18.6 Å². The first-order valence-corrected chi connectivity index (χ1v) is 10.4. The smallest absolute Gasteiger partial charge is 0.0413 e. The molecular formula is C24H42N2. The van der Waals surface area contributed by atoms with Gasteiger partial charge in [-0.1, -0.05) is 60.6 Å².